The van der Waals surface area contributed by atoms with Crippen LogP contribution in [0.4, 0.5) is 11.4 Å². The summed E-state index contributed by atoms with van der Waals surface area (Å²) in [5, 5.41) is 7.71. The Morgan fingerprint density at radius 2 is 1.50 bits per heavy atom. The summed E-state index contributed by atoms with van der Waals surface area (Å²) in [7, 11) is 0. The zero-order valence-electron chi connectivity index (χ0n) is 19.1. The Kier molecular flexibility index (Phi) is 7.08. The average Bonchev–Trinajstić information content (AvgIpc) is 2.83. The molecule has 172 valence electrons. The van der Waals surface area contributed by atoms with E-state index in [4.69, 9.17) is 9.47 Å². The third kappa shape index (κ3) is 5.53. The van der Waals surface area contributed by atoms with Crippen LogP contribution in [0.15, 0.2) is 84.9 Å². The highest BCUT2D eigenvalue weighted by Gasteiger charge is 2.13. The summed E-state index contributed by atoms with van der Waals surface area (Å²) >= 11 is 0. The largest absolute Gasteiger partial charge is 0.493 e. The second-order valence-electron chi connectivity index (χ2n) is 7.74. The summed E-state index contributed by atoms with van der Waals surface area (Å²) in [5.41, 5.74) is 2.44. The van der Waals surface area contributed by atoms with Crippen molar-refractivity contribution in [3.63, 3.8) is 0 Å². The highest BCUT2D eigenvalue weighted by Crippen LogP contribution is 2.28. The Morgan fingerprint density at radius 1 is 0.765 bits per heavy atom. The molecule has 4 rings (SSSR count). The predicted octanol–water partition coefficient (Wildman–Crippen LogP) is 6.03. The number of nitrogens with one attached hydrogen (secondary N) is 2. The molecule has 0 bridgehead atoms. The fourth-order valence-electron chi connectivity index (χ4n) is 3.69. The van der Waals surface area contributed by atoms with Crippen LogP contribution in [0.25, 0.3) is 10.8 Å². The van der Waals surface area contributed by atoms with Gasteiger partial charge in [0, 0.05) is 34.8 Å². The molecule has 0 saturated carbocycles. The number of anilines is 2. The Hall–Kier alpha value is -4.32. The summed E-state index contributed by atoms with van der Waals surface area (Å²) in [6.45, 7) is 4.11. The van der Waals surface area contributed by atoms with Crippen LogP contribution < -0.4 is 20.1 Å². The first-order valence-corrected chi connectivity index (χ1v) is 11.1. The number of fused-ring (bicyclic) bond motifs is 1. The maximum absolute atomic E-state index is 12.9. The number of rotatable bonds is 8. The minimum atomic E-state index is -0.269. The number of hydrogen-bond acceptors (Lipinski definition) is 4. The van der Waals surface area contributed by atoms with Gasteiger partial charge in [-0.05, 0) is 54.8 Å². The van der Waals surface area contributed by atoms with E-state index in [1.54, 1.807) is 42.5 Å². The molecular formula is C28H26N2O4. The van der Waals surface area contributed by atoms with E-state index in [0.717, 1.165) is 22.1 Å². The third-order valence-electron chi connectivity index (χ3n) is 5.20. The van der Waals surface area contributed by atoms with Crippen molar-refractivity contribution in [2.45, 2.75) is 20.5 Å². The number of amides is 2. The molecule has 0 atom stereocenters. The van der Waals surface area contributed by atoms with Crippen LogP contribution in [0.5, 0.6) is 11.5 Å². The molecule has 0 radical (unpaired) electrons. The number of benzene rings is 4. The SMILES string of the molecule is CCOc1ccc(C(=O)Nc2cccc(NC(C)=O)c2)cc1COc1cccc2ccccc12. The topological polar surface area (TPSA) is 76.7 Å². The Balaban J connectivity index is 1.54. The molecular weight excluding hydrogens is 428 g/mol. The normalized spacial score (nSPS) is 10.5. The first kappa shape index (κ1) is 22.9. The van der Waals surface area contributed by atoms with Gasteiger partial charge in [-0.3, -0.25) is 9.59 Å². The van der Waals surface area contributed by atoms with Crippen LogP contribution in [-0.2, 0) is 11.4 Å². The summed E-state index contributed by atoms with van der Waals surface area (Å²) in [4.78, 5) is 24.2. The summed E-state index contributed by atoms with van der Waals surface area (Å²) < 4.78 is 11.9. The van der Waals surface area contributed by atoms with Gasteiger partial charge in [-0.2, -0.15) is 0 Å². The molecule has 0 aliphatic carbocycles. The molecule has 4 aromatic rings. The third-order valence-corrected chi connectivity index (χ3v) is 5.20. The molecule has 0 fully saturated rings. The van der Waals surface area contributed by atoms with E-state index >= 15 is 0 Å². The number of carbonyl (C=O) groups is 2. The minimum absolute atomic E-state index is 0.175. The van der Waals surface area contributed by atoms with Crippen molar-refractivity contribution >= 4 is 34.0 Å². The van der Waals surface area contributed by atoms with Crippen molar-refractivity contribution in [2.24, 2.45) is 0 Å². The van der Waals surface area contributed by atoms with E-state index in [9.17, 15) is 9.59 Å². The highest BCUT2D eigenvalue weighted by molar-refractivity contribution is 6.05. The lowest BCUT2D eigenvalue weighted by Crippen LogP contribution is -2.13. The van der Waals surface area contributed by atoms with Crippen LogP contribution in [0.2, 0.25) is 0 Å². The van der Waals surface area contributed by atoms with Gasteiger partial charge in [0.15, 0.2) is 0 Å². The molecule has 0 spiro atoms. The average molecular weight is 455 g/mol. The van der Waals surface area contributed by atoms with E-state index in [2.05, 4.69) is 10.6 Å². The number of ether oxygens (including phenoxy) is 2. The summed E-state index contributed by atoms with van der Waals surface area (Å²) in [6, 6.07) is 26.3. The standard InChI is InChI=1S/C28H26N2O4/c1-3-33-26-15-14-21(28(32)30-24-11-7-10-23(17-24)29-19(2)31)16-22(26)18-34-27-13-6-9-20-8-4-5-12-25(20)27/h4-17H,3,18H2,1-2H3,(H,29,31)(H,30,32). The molecule has 6 heteroatoms. The monoisotopic (exact) mass is 454 g/mol. The molecule has 0 heterocycles. The van der Waals surface area contributed by atoms with Crippen LogP contribution >= 0.6 is 0 Å². The number of hydrogen-bond donors (Lipinski definition) is 2. The smallest absolute Gasteiger partial charge is 0.255 e. The first-order valence-electron chi connectivity index (χ1n) is 11.1. The Labute approximate surface area is 198 Å². The summed E-state index contributed by atoms with van der Waals surface area (Å²) in [6.07, 6.45) is 0. The van der Waals surface area contributed by atoms with Gasteiger partial charge in [0.05, 0.1) is 6.61 Å². The summed E-state index contributed by atoms with van der Waals surface area (Å²) in [5.74, 6) is 0.998. The van der Waals surface area contributed by atoms with E-state index in [1.807, 2.05) is 49.4 Å². The van der Waals surface area contributed by atoms with Crippen LogP contribution in [0, 0.1) is 0 Å². The van der Waals surface area contributed by atoms with Gasteiger partial charge in [0.1, 0.15) is 18.1 Å². The maximum atomic E-state index is 12.9. The van der Waals surface area contributed by atoms with Gasteiger partial charge in [0.25, 0.3) is 5.91 Å². The number of carbonyl (C=O) groups excluding carboxylic acids is 2. The van der Waals surface area contributed by atoms with Crippen LogP contribution in [0.1, 0.15) is 29.8 Å². The van der Waals surface area contributed by atoms with Crippen molar-refractivity contribution in [1.29, 1.82) is 0 Å². The van der Waals surface area contributed by atoms with Crippen LogP contribution in [-0.4, -0.2) is 18.4 Å². The first-order chi connectivity index (χ1) is 16.5. The zero-order chi connectivity index (χ0) is 23.9. The molecule has 0 aliphatic heterocycles. The van der Waals surface area contributed by atoms with Gasteiger partial charge < -0.3 is 20.1 Å². The zero-order valence-corrected chi connectivity index (χ0v) is 19.1. The van der Waals surface area contributed by atoms with Crippen LogP contribution in [0.3, 0.4) is 0 Å². The van der Waals surface area contributed by atoms with Crippen molar-refractivity contribution in [2.75, 3.05) is 17.2 Å². The molecule has 0 aromatic heterocycles. The second-order valence-corrected chi connectivity index (χ2v) is 7.74. The lowest BCUT2D eigenvalue weighted by atomic mass is 10.1. The van der Waals surface area contributed by atoms with Gasteiger partial charge >= 0.3 is 0 Å². The second kappa shape index (κ2) is 10.5. The van der Waals surface area contributed by atoms with E-state index in [1.165, 1.54) is 6.92 Å². The maximum Gasteiger partial charge on any atom is 0.255 e. The quantitative estimate of drug-likeness (QED) is 0.341. The van der Waals surface area contributed by atoms with Crippen molar-refractivity contribution < 1.29 is 19.1 Å². The fourth-order valence-corrected chi connectivity index (χ4v) is 3.69. The molecule has 34 heavy (non-hydrogen) atoms. The lowest BCUT2D eigenvalue weighted by Gasteiger charge is -2.15. The Morgan fingerprint density at radius 3 is 2.29 bits per heavy atom. The van der Waals surface area contributed by atoms with Gasteiger partial charge in [0.2, 0.25) is 5.91 Å². The molecule has 0 saturated heterocycles. The van der Waals surface area contributed by atoms with Crippen molar-refractivity contribution in [3.05, 3.63) is 96.1 Å². The minimum Gasteiger partial charge on any atom is -0.493 e. The Bertz CT molecular complexity index is 1330. The van der Waals surface area contributed by atoms with Gasteiger partial charge in [-0.25, -0.2) is 0 Å². The molecule has 6 nitrogen and oxygen atoms in total. The van der Waals surface area contributed by atoms with Crippen molar-refractivity contribution in [3.8, 4) is 11.5 Å². The van der Waals surface area contributed by atoms with Crippen molar-refractivity contribution in [1.82, 2.24) is 0 Å². The van der Waals surface area contributed by atoms with E-state index in [0.29, 0.717) is 29.3 Å². The van der Waals surface area contributed by atoms with Gasteiger partial charge in [-0.15, -0.1) is 0 Å². The molecule has 0 aliphatic rings. The fraction of sp³-hybridized carbons (Fsp3) is 0.143. The van der Waals surface area contributed by atoms with E-state index < -0.39 is 0 Å². The molecule has 2 N–H and O–H groups in total. The van der Waals surface area contributed by atoms with Gasteiger partial charge in [-0.1, -0.05) is 42.5 Å². The lowest BCUT2D eigenvalue weighted by molar-refractivity contribution is -0.114. The predicted molar refractivity (Wildman–Crippen MR) is 135 cm³/mol. The molecule has 2 amide bonds. The highest BCUT2D eigenvalue weighted by atomic mass is 16.5. The van der Waals surface area contributed by atoms with E-state index in [-0.39, 0.29) is 18.4 Å². The molecule has 0 unspecified atom stereocenters. The molecule has 4 aromatic carbocycles.